The maximum atomic E-state index is 11.4. The van der Waals surface area contributed by atoms with E-state index in [1.807, 2.05) is 0 Å². The maximum Gasteiger partial charge on any atom is 0.328 e. The number of hydrogen-bond acceptors (Lipinski definition) is 3. The van der Waals surface area contributed by atoms with Gasteiger partial charge in [0, 0.05) is 12.8 Å². The van der Waals surface area contributed by atoms with Gasteiger partial charge in [-0.1, -0.05) is 0 Å². The Labute approximate surface area is 96.7 Å². The molecule has 1 atom stereocenters. The zero-order valence-corrected chi connectivity index (χ0v) is 9.91. The lowest BCUT2D eigenvalue weighted by Crippen LogP contribution is -2.39. The predicted octanol–water partition coefficient (Wildman–Crippen LogP) is 1.25. The lowest BCUT2D eigenvalue weighted by molar-refractivity contribution is -0.146. The molecule has 90 valence electrons. The number of terminal acetylenes is 1. The molecule has 1 N–H and O–H groups in total. The van der Waals surface area contributed by atoms with Crippen molar-refractivity contribution in [2.24, 2.45) is 0 Å². The van der Waals surface area contributed by atoms with Gasteiger partial charge in [-0.3, -0.25) is 4.79 Å². The molecule has 1 amide bonds. The molecule has 4 nitrogen and oxygen atoms in total. The molecule has 0 heterocycles. The first kappa shape index (κ1) is 14.5. The van der Waals surface area contributed by atoms with E-state index in [4.69, 9.17) is 11.2 Å². The molecule has 0 aliphatic rings. The van der Waals surface area contributed by atoms with Crippen LogP contribution < -0.4 is 5.32 Å². The molecule has 0 fully saturated rings. The van der Waals surface area contributed by atoms with Crippen molar-refractivity contribution in [1.29, 1.82) is 0 Å². The standard InChI is InChI=1S/C12H19NO3/c1-4-6-7-8-9-11(14)13-10(3)12(15)16-5-2/h1,10H,5-9H2,2-3H3,(H,13,14). The van der Waals surface area contributed by atoms with E-state index in [9.17, 15) is 9.59 Å². The zero-order chi connectivity index (χ0) is 12.4. The first-order valence-corrected chi connectivity index (χ1v) is 5.51. The number of nitrogens with one attached hydrogen (secondary N) is 1. The molecule has 16 heavy (non-hydrogen) atoms. The zero-order valence-electron chi connectivity index (χ0n) is 9.91. The van der Waals surface area contributed by atoms with Gasteiger partial charge in [-0.25, -0.2) is 4.79 Å². The Morgan fingerprint density at radius 2 is 2.12 bits per heavy atom. The van der Waals surface area contributed by atoms with Crippen LogP contribution in [0.25, 0.3) is 0 Å². The Morgan fingerprint density at radius 1 is 1.44 bits per heavy atom. The van der Waals surface area contributed by atoms with E-state index in [0.717, 1.165) is 12.8 Å². The molecule has 0 saturated carbocycles. The van der Waals surface area contributed by atoms with Crippen LogP contribution in [-0.4, -0.2) is 24.5 Å². The van der Waals surface area contributed by atoms with E-state index in [0.29, 0.717) is 19.4 Å². The fourth-order valence-electron chi connectivity index (χ4n) is 1.15. The summed E-state index contributed by atoms with van der Waals surface area (Å²) in [7, 11) is 0. The molecule has 0 radical (unpaired) electrons. The van der Waals surface area contributed by atoms with Crippen molar-refractivity contribution >= 4 is 11.9 Å². The van der Waals surface area contributed by atoms with Crippen LogP contribution in [0.2, 0.25) is 0 Å². The van der Waals surface area contributed by atoms with Gasteiger partial charge in [0.05, 0.1) is 6.61 Å². The monoisotopic (exact) mass is 225 g/mol. The van der Waals surface area contributed by atoms with Crippen molar-refractivity contribution in [2.75, 3.05) is 6.61 Å². The summed E-state index contributed by atoms with van der Waals surface area (Å²) in [4.78, 5) is 22.5. The quantitative estimate of drug-likeness (QED) is 0.403. The van der Waals surface area contributed by atoms with Gasteiger partial charge in [-0.15, -0.1) is 12.3 Å². The Hall–Kier alpha value is -1.50. The number of amides is 1. The van der Waals surface area contributed by atoms with E-state index in [1.165, 1.54) is 0 Å². The van der Waals surface area contributed by atoms with Crippen molar-refractivity contribution in [1.82, 2.24) is 5.32 Å². The van der Waals surface area contributed by atoms with Crippen molar-refractivity contribution < 1.29 is 14.3 Å². The van der Waals surface area contributed by atoms with E-state index in [-0.39, 0.29) is 5.91 Å². The van der Waals surface area contributed by atoms with Crippen LogP contribution in [0.15, 0.2) is 0 Å². The van der Waals surface area contributed by atoms with Crippen LogP contribution in [-0.2, 0) is 14.3 Å². The highest BCUT2D eigenvalue weighted by atomic mass is 16.5. The van der Waals surface area contributed by atoms with Crippen LogP contribution in [0.3, 0.4) is 0 Å². The molecular weight excluding hydrogens is 206 g/mol. The Bertz CT molecular complexity index is 268. The van der Waals surface area contributed by atoms with Crippen LogP contribution in [0.4, 0.5) is 0 Å². The van der Waals surface area contributed by atoms with Gasteiger partial charge in [0.2, 0.25) is 5.91 Å². The summed E-state index contributed by atoms with van der Waals surface area (Å²) < 4.78 is 4.77. The summed E-state index contributed by atoms with van der Waals surface area (Å²) in [5.41, 5.74) is 0. The number of ether oxygens (including phenoxy) is 1. The van der Waals surface area contributed by atoms with E-state index >= 15 is 0 Å². The van der Waals surface area contributed by atoms with Crippen molar-refractivity contribution in [3.05, 3.63) is 0 Å². The number of carbonyl (C=O) groups is 2. The van der Waals surface area contributed by atoms with Gasteiger partial charge in [-0.05, 0) is 26.7 Å². The fraction of sp³-hybridized carbons (Fsp3) is 0.667. The Morgan fingerprint density at radius 3 is 2.69 bits per heavy atom. The van der Waals surface area contributed by atoms with Crippen molar-refractivity contribution in [3.8, 4) is 12.3 Å². The van der Waals surface area contributed by atoms with Gasteiger partial charge in [0.25, 0.3) is 0 Å². The predicted molar refractivity (Wildman–Crippen MR) is 61.5 cm³/mol. The summed E-state index contributed by atoms with van der Waals surface area (Å²) in [6.07, 6.45) is 7.74. The highest BCUT2D eigenvalue weighted by Crippen LogP contribution is 1.99. The fourth-order valence-corrected chi connectivity index (χ4v) is 1.15. The van der Waals surface area contributed by atoms with Gasteiger partial charge in [0.1, 0.15) is 6.04 Å². The molecule has 0 bridgehead atoms. The second kappa shape index (κ2) is 8.78. The van der Waals surface area contributed by atoms with Crippen molar-refractivity contribution in [2.45, 2.75) is 45.6 Å². The number of rotatable bonds is 7. The third-order valence-electron chi connectivity index (χ3n) is 1.99. The third kappa shape index (κ3) is 6.88. The second-order valence-corrected chi connectivity index (χ2v) is 3.45. The van der Waals surface area contributed by atoms with Gasteiger partial charge in [0.15, 0.2) is 0 Å². The normalized spacial score (nSPS) is 11.3. The largest absolute Gasteiger partial charge is 0.464 e. The SMILES string of the molecule is C#CCCCCC(=O)NC(C)C(=O)OCC. The molecule has 0 aromatic carbocycles. The molecule has 0 aromatic rings. The smallest absolute Gasteiger partial charge is 0.328 e. The second-order valence-electron chi connectivity index (χ2n) is 3.45. The maximum absolute atomic E-state index is 11.4. The molecule has 0 aliphatic carbocycles. The average molecular weight is 225 g/mol. The minimum Gasteiger partial charge on any atom is -0.464 e. The molecule has 0 saturated heterocycles. The van der Waals surface area contributed by atoms with Gasteiger partial charge >= 0.3 is 5.97 Å². The van der Waals surface area contributed by atoms with E-state index < -0.39 is 12.0 Å². The Balaban J connectivity index is 3.70. The lowest BCUT2D eigenvalue weighted by atomic mass is 10.2. The van der Waals surface area contributed by atoms with Crippen LogP contribution in [0.1, 0.15) is 39.5 Å². The summed E-state index contributed by atoms with van der Waals surface area (Å²) in [6, 6.07) is -0.583. The summed E-state index contributed by atoms with van der Waals surface area (Å²) in [5.74, 6) is 1.97. The minimum atomic E-state index is -0.583. The third-order valence-corrected chi connectivity index (χ3v) is 1.99. The topological polar surface area (TPSA) is 55.4 Å². The number of carbonyl (C=O) groups excluding carboxylic acids is 2. The van der Waals surface area contributed by atoms with E-state index in [1.54, 1.807) is 13.8 Å². The van der Waals surface area contributed by atoms with Crippen LogP contribution in [0, 0.1) is 12.3 Å². The molecule has 0 spiro atoms. The first-order valence-electron chi connectivity index (χ1n) is 5.51. The van der Waals surface area contributed by atoms with Gasteiger partial charge < -0.3 is 10.1 Å². The summed E-state index contributed by atoms with van der Waals surface area (Å²) >= 11 is 0. The molecule has 0 rings (SSSR count). The molecule has 1 unspecified atom stereocenters. The highest BCUT2D eigenvalue weighted by Gasteiger charge is 2.15. The molecular formula is C12H19NO3. The average Bonchev–Trinajstić information content (AvgIpc) is 2.24. The first-order chi connectivity index (χ1) is 7.61. The highest BCUT2D eigenvalue weighted by molar-refractivity contribution is 5.84. The van der Waals surface area contributed by atoms with E-state index in [2.05, 4.69) is 11.2 Å². The molecule has 4 heteroatoms. The van der Waals surface area contributed by atoms with Crippen LogP contribution >= 0.6 is 0 Å². The lowest BCUT2D eigenvalue weighted by Gasteiger charge is -2.12. The van der Waals surface area contributed by atoms with Crippen molar-refractivity contribution in [3.63, 3.8) is 0 Å². The summed E-state index contributed by atoms with van der Waals surface area (Å²) in [5, 5.41) is 2.58. The van der Waals surface area contributed by atoms with Gasteiger partial charge in [-0.2, -0.15) is 0 Å². The molecule has 0 aromatic heterocycles. The summed E-state index contributed by atoms with van der Waals surface area (Å²) in [6.45, 7) is 3.66. The van der Waals surface area contributed by atoms with Crippen LogP contribution in [0.5, 0.6) is 0 Å². The number of unbranched alkanes of at least 4 members (excludes halogenated alkanes) is 2. The number of esters is 1. The Kier molecular flexibility index (Phi) is 7.96. The minimum absolute atomic E-state index is 0.141. The number of hydrogen-bond donors (Lipinski definition) is 1. The molecule has 0 aliphatic heterocycles.